The third-order valence-electron chi connectivity index (χ3n) is 2.78. The third kappa shape index (κ3) is 2.10. The van der Waals surface area contributed by atoms with Crippen LogP contribution in [-0.2, 0) is 9.53 Å². The Bertz CT molecular complexity index is 398. The predicted octanol–water partition coefficient (Wildman–Crippen LogP) is 0.647. The van der Waals surface area contributed by atoms with Gasteiger partial charge in [-0.2, -0.15) is 0 Å². The summed E-state index contributed by atoms with van der Waals surface area (Å²) in [6.45, 7) is 0. The SMILES string of the molecule is COCSC1=S(C(=O)O)N2C(=O)[C@H](N)[C@H]2CC1. The molecule has 1 saturated heterocycles. The van der Waals surface area contributed by atoms with E-state index in [1.54, 1.807) is 7.11 Å². The Balaban J connectivity index is 2.26. The van der Waals surface area contributed by atoms with E-state index in [1.807, 2.05) is 0 Å². The van der Waals surface area contributed by atoms with Gasteiger partial charge in [-0.25, -0.2) is 4.79 Å². The quantitative estimate of drug-likeness (QED) is 0.437. The molecule has 3 N–H and O–H groups in total. The number of methoxy groups -OCH3 is 1. The van der Waals surface area contributed by atoms with Crippen molar-refractivity contribution in [1.29, 1.82) is 0 Å². The molecule has 0 aliphatic carbocycles. The van der Waals surface area contributed by atoms with E-state index in [-0.39, 0.29) is 11.9 Å². The van der Waals surface area contributed by atoms with Crippen molar-refractivity contribution in [3.63, 3.8) is 0 Å². The van der Waals surface area contributed by atoms with Gasteiger partial charge in [-0.1, -0.05) is 11.8 Å². The van der Waals surface area contributed by atoms with Crippen LogP contribution in [0.3, 0.4) is 0 Å². The molecule has 0 aromatic heterocycles. The van der Waals surface area contributed by atoms with Crippen LogP contribution in [0, 0.1) is 0 Å². The first kappa shape index (κ1) is 12.9. The van der Waals surface area contributed by atoms with Gasteiger partial charge < -0.3 is 15.6 Å². The lowest BCUT2D eigenvalue weighted by Gasteiger charge is -2.48. The lowest BCUT2D eigenvalue weighted by atomic mass is 9.95. The monoisotopic (exact) mass is 278 g/mol. The van der Waals surface area contributed by atoms with Crippen molar-refractivity contribution < 1.29 is 19.4 Å². The van der Waals surface area contributed by atoms with Crippen LogP contribution >= 0.6 is 22.4 Å². The Kier molecular flexibility index (Phi) is 3.76. The first-order valence-electron chi connectivity index (χ1n) is 5.11. The van der Waals surface area contributed by atoms with Gasteiger partial charge in [0.05, 0.1) is 12.0 Å². The molecule has 2 rings (SSSR count). The number of thioether (sulfide) groups is 1. The lowest BCUT2D eigenvalue weighted by Crippen LogP contribution is -2.67. The molecular weight excluding hydrogens is 264 g/mol. The van der Waals surface area contributed by atoms with Crippen LogP contribution in [-0.4, -0.2) is 49.9 Å². The average Bonchev–Trinajstić information content (AvgIpc) is 2.33. The highest BCUT2D eigenvalue weighted by Crippen LogP contribution is 2.43. The molecule has 1 unspecified atom stereocenters. The zero-order valence-electron chi connectivity index (χ0n) is 9.29. The molecule has 0 aromatic carbocycles. The molecule has 0 bridgehead atoms. The van der Waals surface area contributed by atoms with Crippen LogP contribution in [0.1, 0.15) is 12.8 Å². The summed E-state index contributed by atoms with van der Waals surface area (Å²) in [4.78, 5) is 22.9. The number of hydrogen-bond acceptors (Lipinski definition) is 5. The molecular formula is C9H14N2O4S2. The summed E-state index contributed by atoms with van der Waals surface area (Å²) in [6.07, 6.45) is 1.43. The highest BCUT2D eigenvalue weighted by atomic mass is 32.2. The van der Waals surface area contributed by atoms with Crippen molar-refractivity contribution in [1.82, 2.24) is 4.31 Å². The topological polar surface area (TPSA) is 92.9 Å². The molecule has 1 amide bonds. The average molecular weight is 278 g/mol. The predicted molar refractivity (Wildman–Crippen MR) is 67.9 cm³/mol. The standard InChI is InChI=1S/C9H14N2O4S2/c1-15-4-16-6-3-2-5-7(10)8(12)11(5)17(6)9(13)14/h5,7H,2-4,10H2,1H3,(H,13,14)/t5-,7-,17?/m1/s1. The van der Waals surface area contributed by atoms with E-state index in [2.05, 4.69) is 0 Å². The Morgan fingerprint density at radius 3 is 3.06 bits per heavy atom. The summed E-state index contributed by atoms with van der Waals surface area (Å²) in [5.74, 6) is 0.154. The molecule has 0 aromatic rings. The molecule has 0 radical (unpaired) electrons. The van der Waals surface area contributed by atoms with Crippen molar-refractivity contribution in [3.8, 4) is 0 Å². The van der Waals surface area contributed by atoms with Crippen molar-refractivity contribution in [2.45, 2.75) is 24.9 Å². The molecule has 6 nitrogen and oxygen atoms in total. The third-order valence-corrected chi connectivity index (χ3v) is 6.30. The summed E-state index contributed by atoms with van der Waals surface area (Å²) < 4.78 is 7.15. The smallest absolute Gasteiger partial charge is 0.379 e. The minimum Gasteiger partial charge on any atom is -0.472 e. The lowest BCUT2D eigenvalue weighted by molar-refractivity contribution is -0.139. The van der Waals surface area contributed by atoms with E-state index in [0.29, 0.717) is 12.4 Å². The fourth-order valence-corrected chi connectivity index (χ4v) is 5.23. The van der Waals surface area contributed by atoms with Crippen LogP contribution in [0.4, 0.5) is 4.79 Å². The molecule has 17 heavy (non-hydrogen) atoms. The maximum atomic E-state index is 11.6. The summed E-state index contributed by atoms with van der Waals surface area (Å²) in [5, 5.41) is 8.27. The molecule has 2 aliphatic rings. The summed E-state index contributed by atoms with van der Waals surface area (Å²) in [7, 11) is 0.404. The molecule has 0 spiro atoms. The second-order valence-corrected chi connectivity index (χ2v) is 6.85. The van der Waals surface area contributed by atoms with Gasteiger partial charge in [-0.3, -0.25) is 9.10 Å². The number of fused-ring (bicyclic) bond motifs is 1. The highest BCUT2D eigenvalue weighted by molar-refractivity contribution is 8.39. The Hall–Kier alpha value is -0.570. The Morgan fingerprint density at radius 2 is 2.47 bits per heavy atom. The largest absolute Gasteiger partial charge is 0.472 e. The number of amides is 1. The second kappa shape index (κ2) is 4.97. The first-order chi connectivity index (χ1) is 8.07. The summed E-state index contributed by atoms with van der Waals surface area (Å²) >= 11 is 1.37. The van der Waals surface area contributed by atoms with Crippen LogP contribution in [0.5, 0.6) is 0 Å². The van der Waals surface area contributed by atoms with E-state index in [9.17, 15) is 14.7 Å². The van der Waals surface area contributed by atoms with E-state index in [1.165, 1.54) is 16.1 Å². The van der Waals surface area contributed by atoms with Crippen molar-refractivity contribution in [3.05, 3.63) is 0 Å². The van der Waals surface area contributed by atoms with Gasteiger partial charge in [0.15, 0.2) is 0 Å². The van der Waals surface area contributed by atoms with Crippen molar-refractivity contribution >= 4 is 37.8 Å². The molecule has 3 atom stereocenters. The Labute approximate surface area is 106 Å². The van der Waals surface area contributed by atoms with Crippen molar-refractivity contribution in [2.24, 2.45) is 5.73 Å². The number of carboxylic acid groups (broad SMARTS) is 1. The Morgan fingerprint density at radius 1 is 1.76 bits per heavy atom. The molecule has 96 valence electrons. The fourth-order valence-electron chi connectivity index (χ4n) is 1.97. The molecule has 2 heterocycles. The number of β-lactam (4-membered cyclic amide) rings is 1. The second-order valence-electron chi connectivity index (χ2n) is 3.77. The fraction of sp³-hybridized carbons (Fsp3) is 0.667. The first-order valence-corrected chi connectivity index (χ1v) is 7.28. The number of carbonyl (C=O) groups is 2. The normalized spacial score (nSPS) is 32.1. The van der Waals surface area contributed by atoms with Gasteiger partial charge in [-0.15, -0.1) is 0 Å². The number of rotatable bonds is 2. The van der Waals surface area contributed by atoms with E-state index in [4.69, 9.17) is 10.5 Å². The maximum Gasteiger partial charge on any atom is 0.379 e. The van der Waals surface area contributed by atoms with Gasteiger partial charge in [0.2, 0.25) is 0 Å². The number of carbonyl (C=O) groups excluding carboxylic acids is 1. The summed E-state index contributed by atoms with van der Waals surface area (Å²) in [6, 6.07) is -0.618. The van der Waals surface area contributed by atoms with Gasteiger partial charge in [0.25, 0.3) is 5.91 Å². The van der Waals surface area contributed by atoms with E-state index < -0.39 is 22.0 Å². The van der Waals surface area contributed by atoms with Gasteiger partial charge in [0, 0.05) is 22.0 Å². The van der Waals surface area contributed by atoms with Gasteiger partial charge in [0.1, 0.15) is 6.04 Å². The number of nitrogens with zero attached hydrogens (tertiary/aromatic N) is 1. The highest BCUT2D eigenvalue weighted by Gasteiger charge is 2.50. The van der Waals surface area contributed by atoms with Crippen LogP contribution in [0.2, 0.25) is 0 Å². The van der Waals surface area contributed by atoms with Crippen molar-refractivity contribution in [2.75, 3.05) is 13.0 Å². The molecule has 2 aliphatic heterocycles. The van der Waals surface area contributed by atoms with E-state index in [0.717, 1.165) is 10.6 Å². The zero-order chi connectivity index (χ0) is 12.6. The molecule has 0 saturated carbocycles. The summed E-state index contributed by atoms with van der Waals surface area (Å²) in [5.41, 5.74) is 5.66. The zero-order valence-corrected chi connectivity index (χ0v) is 10.9. The minimum atomic E-state index is -1.15. The van der Waals surface area contributed by atoms with Gasteiger partial charge in [-0.05, 0) is 12.8 Å². The minimum absolute atomic E-state index is 0.103. The van der Waals surface area contributed by atoms with Crippen LogP contribution < -0.4 is 5.73 Å². The number of hydrogen-bond donors (Lipinski definition) is 2. The van der Waals surface area contributed by atoms with Crippen LogP contribution in [0.15, 0.2) is 0 Å². The van der Waals surface area contributed by atoms with Crippen LogP contribution in [0.25, 0.3) is 0 Å². The molecule has 1 fully saturated rings. The maximum absolute atomic E-state index is 11.6. The number of nitrogens with two attached hydrogens (primary N) is 1. The van der Waals surface area contributed by atoms with E-state index >= 15 is 0 Å². The number of ether oxygens (including phenoxy) is 1. The molecule has 8 heteroatoms. The van der Waals surface area contributed by atoms with Gasteiger partial charge >= 0.3 is 5.30 Å².